The number of rotatable bonds is 6. The number of hydrogen-bond acceptors (Lipinski definition) is 4. The van der Waals surface area contributed by atoms with E-state index in [9.17, 15) is 4.79 Å². The average molecular weight is 232 g/mol. The van der Waals surface area contributed by atoms with Gasteiger partial charge >= 0.3 is 6.09 Å². The quantitative estimate of drug-likeness (QED) is 0.594. The lowest BCUT2D eigenvalue weighted by molar-refractivity contribution is 0.0528. The maximum atomic E-state index is 11.2. The molecule has 96 valence electrons. The molecule has 16 heavy (non-hydrogen) atoms. The summed E-state index contributed by atoms with van der Waals surface area (Å²) in [6, 6.07) is 0.255. The second kappa shape index (κ2) is 7.46. The molecule has 3 N–H and O–H groups in total. The fourth-order valence-electron chi connectivity index (χ4n) is 1.09. The molecule has 0 saturated heterocycles. The Labute approximate surface area is 97.6 Å². The highest BCUT2D eigenvalue weighted by molar-refractivity contribution is 5.67. The summed E-state index contributed by atoms with van der Waals surface area (Å²) in [5, 5.41) is 14.5. The van der Waals surface area contributed by atoms with Crippen molar-refractivity contribution in [2.75, 3.05) is 19.7 Å². The van der Waals surface area contributed by atoms with Crippen LogP contribution in [0, 0.1) is 0 Å². The smallest absolute Gasteiger partial charge is 0.407 e. The molecule has 5 heteroatoms. The maximum absolute atomic E-state index is 11.2. The first-order chi connectivity index (χ1) is 7.35. The summed E-state index contributed by atoms with van der Waals surface area (Å²) in [5.41, 5.74) is -0.457. The molecule has 0 aliphatic rings. The predicted molar refractivity (Wildman–Crippen MR) is 63.4 cm³/mol. The lowest BCUT2D eigenvalue weighted by Crippen LogP contribution is -2.38. The highest BCUT2D eigenvalue weighted by atomic mass is 16.6. The zero-order chi connectivity index (χ0) is 12.6. The first-order valence-electron chi connectivity index (χ1n) is 5.66. The van der Waals surface area contributed by atoms with E-state index >= 15 is 0 Å². The van der Waals surface area contributed by atoms with Crippen LogP contribution in [0.5, 0.6) is 0 Å². The zero-order valence-electron chi connectivity index (χ0n) is 10.7. The normalized spacial score (nSPS) is 13.3. The summed E-state index contributed by atoms with van der Waals surface area (Å²) < 4.78 is 5.07. The largest absolute Gasteiger partial charge is 0.444 e. The van der Waals surface area contributed by atoms with Crippen LogP contribution in [0.4, 0.5) is 4.79 Å². The minimum absolute atomic E-state index is 0.174. The molecule has 0 fully saturated rings. The molecule has 0 radical (unpaired) electrons. The molecule has 0 aliphatic carbocycles. The van der Waals surface area contributed by atoms with E-state index in [4.69, 9.17) is 9.84 Å². The van der Waals surface area contributed by atoms with Gasteiger partial charge in [-0.05, 0) is 34.1 Å². The van der Waals surface area contributed by atoms with Crippen LogP contribution < -0.4 is 10.6 Å². The van der Waals surface area contributed by atoms with Crippen LogP contribution in [0.2, 0.25) is 0 Å². The van der Waals surface area contributed by atoms with E-state index < -0.39 is 11.7 Å². The monoisotopic (exact) mass is 232 g/mol. The average Bonchev–Trinajstić information content (AvgIpc) is 2.10. The van der Waals surface area contributed by atoms with Crippen molar-refractivity contribution in [3.63, 3.8) is 0 Å². The molecule has 0 aromatic carbocycles. The molecule has 0 rings (SSSR count). The fourth-order valence-corrected chi connectivity index (χ4v) is 1.09. The lowest BCUT2D eigenvalue weighted by Gasteiger charge is -2.20. The Bertz CT molecular complexity index is 202. The third-order valence-corrected chi connectivity index (χ3v) is 1.85. The summed E-state index contributed by atoms with van der Waals surface area (Å²) in [7, 11) is 0. The first-order valence-corrected chi connectivity index (χ1v) is 5.66. The van der Waals surface area contributed by atoms with E-state index in [0.29, 0.717) is 19.5 Å². The number of carbonyl (C=O) groups is 1. The first kappa shape index (κ1) is 15.2. The van der Waals surface area contributed by atoms with Gasteiger partial charge in [-0.3, -0.25) is 0 Å². The topological polar surface area (TPSA) is 70.6 Å². The van der Waals surface area contributed by atoms with Gasteiger partial charge in [0.15, 0.2) is 0 Å². The zero-order valence-corrected chi connectivity index (χ0v) is 10.7. The molecule has 0 saturated carbocycles. The van der Waals surface area contributed by atoms with Gasteiger partial charge in [-0.2, -0.15) is 0 Å². The van der Waals surface area contributed by atoms with Gasteiger partial charge in [0, 0.05) is 25.7 Å². The van der Waals surface area contributed by atoms with E-state index in [1.54, 1.807) is 0 Å². The summed E-state index contributed by atoms with van der Waals surface area (Å²) in [6.45, 7) is 8.83. The van der Waals surface area contributed by atoms with E-state index in [0.717, 1.165) is 0 Å². The Morgan fingerprint density at radius 1 is 1.38 bits per heavy atom. The lowest BCUT2D eigenvalue weighted by atomic mass is 10.2. The van der Waals surface area contributed by atoms with Crippen LogP contribution in [0.15, 0.2) is 0 Å². The number of alkyl carbamates (subject to hydrolysis) is 1. The summed E-state index contributed by atoms with van der Waals surface area (Å²) in [5.74, 6) is 0. The van der Waals surface area contributed by atoms with Crippen molar-refractivity contribution in [1.82, 2.24) is 10.6 Å². The van der Waals surface area contributed by atoms with Crippen molar-refractivity contribution in [3.8, 4) is 0 Å². The number of aliphatic hydroxyl groups excluding tert-OH is 1. The Morgan fingerprint density at radius 2 is 2.00 bits per heavy atom. The van der Waals surface area contributed by atoms with Gasteiger partial charge in [-0.15, -0.1) is 0 Å². The van der Waals surface area contributed by atoms with Gasteiger partial charge in [0.2, 0.25) is 0 Å². The molecule has 5 nitrogen and oxygen atoms in total. The second-order valence-corrected chi connectivity index (χ2v) is 4.80. The molecule has 1 unspecified atom stereocenters. The minimum atomic E-state index is -0.457. The van der Waals surface area contributed by atoms with Gasteiger partial charge < -0.3 is 20.5 Å². The number of hydrogen-bond donors (Lipinski definition) is 3. The maximum Gasteiger partial charge on any atom is 0.407 e. The second-order valence-electron chi connectivity index (χ2n) is 4.80. The van der Waals surface area contributed by atoms with E-state index in [2.05, 4.69) is 10.6 Å². The van der Waals surface area contributed by atoms with E-state index in [1.165, 1.54) is 0 Å². The van der Waals surface area contributed by atoms with Gasteiger partial charge in [0.05, 0.1) is 0 Å². The van der Waals surface area contributed by atoms with E-state index in [1.807, 2.05) is 27.7 Å². The number of ether oxygens (including phenoxy) is 1. The Morgan fingerprint density at radius 3 is 2.50 bits per heavy atom. The van der Waals surface area contributed by atoms with Crippen molar-refractivity contribution in [2.24, 2.45) is 0 Å². The highest BCUT2D eigenvalue weighted by Gasteiger charge is 2.15. The number of carbonyl (C=O) groups excluding carboxylic acids is 1. The molecule has 0 bridgehead atoms. The van der Waals surface area contributed by atoms with Crippen molar-refractivity contribution in [2.45, 2.75) is 45.8 Å². The molecule has 0 spiro atoms. The van der Waals surface area contributed by atoms with Gasteiger partial charge in [-0.1, -0.05) is 0 Å². The van der Waals surface area contributed by atoms with Crippen LogP contribution in [0.1, 0.15) is 34.1 Å². The molecule has 0 heterocycles. The van der Waals surface area contributed by atoms with Crippen LogP contribution in [0.3, 0.4) is 0 Å². The molecule has 0 aromatic heterocycles. The fraction of sp³-hybridized carbons (Fsp3) is 0.909. The van der Waals surface area contributed by atoms with Crippen LogP contribution in [-0.2, 0) is 4.74 Å². The van der Waals surface area contributed by atoms with Crippen molar-refractivity contribution in [3.05, 3.63) is 0 Å². The Kier molecular flexibility index (Phi) is 7.08. The third-order valence-electron chi connectivity index (χ3n) is 1.85. The highest BCUT2D eigenvalue weighted by Crippen LogP contribution is 2.05. The Balaban J connectivity index is 3.48. The van der Waals surface area contributed by atoms with E-state index in [-0.39, 0.29) is 12.6 Å². The third kappa shape index (κ3) is 9.73. The molecule has 1 amide bonds. The summed E-state index contributed by atoms with van der Waals surface area (Å²) in [4.78, 5) is 11.2. The van der Waals surface area contributed by atoms with Crippen molar-refractivity contribution < 1.29 is 14.6 Å². The predicted octanol–water partition coefficient (Wildman–Crippen LogP) is 0.872. The van der Waals surface area contributed by atoms with Crippen molar-refractivity contribution in [1.29, 1.82) is 0 Å². The summed E-state index contributed by atoms with van der Waals surface area (Å²) in [6.07, 6.45) is 0.316. The summed E-state index contributed by atoms with van der Waals surface area (Å²) >= 11 is 0. The van der Waals surface area contributed by atoms with Crippen LogP contribution in [0.25, 0.3) is 0 Å². The number of aliphatic hydroxyl groups is 1. The van der Waals surface area contributed by atoms with Gasteiger partial charge in [-0.25, -0.2) is 4.79 Å². The molecular weight excluding hydrogens is 208 g/mol. The minimum Gasteiger partial charge on any atom is -0.444 e. The standard InChI is InChI=1S/C11H24N2O3/c1-9(5-8-14)12-6-7-13-10(15)16-11(2,3)4/h9,12,14H,5-8H2,1-4H3,(H,13,15). The SMILES string of the molecule is CC(CCO)NCCNC(=O)OC(C)(C)C. The van der Waals surface area contributed by atoms with Crippen molar-refractivity contribution >= 4 is 6.09 Å². The number of amides is 1. The van der Waals surface area contributed by atoms with Gasteiger partial charge in [0.25, 0.3) is 0 Å². The molecular formula is C11H24N2O3. The number of nitrogens with one attached hydrogen (secondary N) is 2. The molecule has 1 atom stereocenters. The van der Waals surface area contributed by atoms with Gasteiger partial charge in [0.1, 0.15) is 5.60 Å². The molecule has 0 aliphatic heterocycles. The Hall–Kier alpha value is -0.810. The molecule has 0 aromatic rings. The van der Waals surface area contributed by atoms with Crippen LogP contribution in [-0.4, -0.2) is 42.5 Å². The van der Waals surface area contributed by atoms with Crippen LogP contribution >= 0.6 is 0 Å².